The molecule has 0 aromatic heterocycles. The zero-order valence-electron chi connectivity index (χ0n) is 10.8. The fourth-order valence-corrected chi connectivity index (χ4v) is 1.97. The van der Waals surface area contributed by atoms with Gasteiger partial charge in [-0.05, 0) is 44.4 Å². The molecule has 3 heteroatoms. The minimum Gasteiger partial charge on any atom is -0.489 e. The molecule has 0 heterocycles. The van der Waals surface area contributed by atoms with Crippen molar-refractivity contribution in [2.24, 2.45) is 5.92 Å². The first-order valence-corrected chi connectivity index (χ1v) is 6.25. The molecule has 0 radical (unpaired) electrons. The Bertz CT molecular complexity index is 399. The number of ketones is 1. The first-order valence-electron chi connectivity index (χ1n) is 5.87. The Kier molecular flexibility index (Phi) is 5.01. The fraction of sp³-hybridized carbons (Fsp3) is 0.500. The molecule has 0 saturated heterocycles. The Hall–Kier alpha value is -1.02. The van der Waals surface area contributed by atoms with Gasteiger partial charge in [0.15, 0.2) is 5.78 Å². The molecule has 0 amide bonds. The van der Waals surface area contributed by atoms with Crippen LogP contribution >= 0.6 is 11.6 Å². The lowest BCUT2D eigenvalue weighted by Crippen LogP contribution is -2.14. The molecule has 2 nitrogen and oxygen atoms in total. The van der Waals surface area contributed by atoms with Crippen LogP contribution in [-0.2, 0) is 0 Å². The average molecular weight is 255 g/mol. The van der Waals surface area contributed by atoms with Crippen LogP contribution in [-0.4, -0.2) is 11.9 Å². The van der Waals surface area contributed by atoms with Crippen LogP contribution < -0.4 is 4.74 Å². The van der Waals surface area contributed by atoms with Crippen LogP contribution in [0.5, 0.6) is 5.75 Å². The zero-order valence-corrected chi connectivity index (χ0v) is 11.5. The maximum absolute atomic E-state index is 11.2. The van der Waals surface area contributed by atoms with Crippen molar-refractivity contribution in [3.63, 3.8) is 0 Å². The van der Waals surface area contributed by atoms with Gasteiger partial charge in [-0.15, -0.1) is 0 Å². The fourth-order valence-electron chi connectivity index (χ4n) is 1.74. The second-order valence-corrected chi connectivity index (χ2v) is 5.17. The van der Waals surface area contributed by atoms with Crippen LogP contribution in [0, 0.1) is 5.92 Å². The van der Waals surface area contributed by atoms with Crippen LogP contribution in [0.25, 0.3) is 0 Å². The topological polar surface area (TPSA) is 26.3 Å². The highest BCUT2D eigenvalue weighted by Gasteiger charge is 2.10. The van der Waals surface area contributed by atoms with Gasteiger partial charge in [-0.1, -0.05) is 25.4 Å². The van der Waals surface area contributed by atoms with Gasteiger partial charge in [-0.25, -0.2) is 0 Å². The van der Waals surface area contributed by atoms with E-state index in [1.165, 1.54) is 6.92 Å². The molecule has 0 aliphatic rings. The lowest BCUT2D eigenvalue weighted by molar-refractivity contribution is 0.101. The summed E-state index contributed by atoms with van der Waals surface area (Å²) in [7, 11) is 0. The van der Waals surface area contributed by atoms with Crippen molar-refractivity contribution in [3.8, 4) is 5.75 Å². The first-order chi connectivity index (χ1) is 7.90. The summed E-state index contributed by atoms with van der Waals surface area (Å²) in [6.45, 7) is 7.85. The smallest absolute Gasteiger partial charge is 0.159 e. The molecule has 1 unspecified atom stereocenters. The highest BCUT2D eigenvalue weighted by Crippen LogP contribution is 2.27. The van der Waals surface area contributed by atoms with Crippen LogP contribution in [0.1, 0.15) is 44.5 Å². The van der Waals surface area contributed by atoms with Gasteiger partial charge in [0.2, 0.25) is 0 Å². The quantitative estimate of drug-likeness (QED) is 0.730. The number of ether oxygens (including phenoxy) is 1. The van der Waals surface area contributed by atoms with Crippen molar-refractivity contribution in [2.45, 2.75) is 40.2 Å². The van der Waals surface area contributed by atoms with E-state index in [2.05, 4.69) is 13.8 Å². The molecule has 0 fully saturated rings. The van der Waals surface area contributed by atoms with E-state index in [0.717, 1.165) is 6.42 Å². The van der Waals surface area contributed by atoms with E-state index in [9.17, 15) is 4.79 Å². The zero-order chi connectivity index (χ0) is 13.0. The van der Waals surface area contributed by atoms with Crippen molar-refractivity contribution in [3.05, 3.63) is 28.8 Å². The summed E-state index contributed by atoms with van der Waals surface area (Å²) in [5.74, 6) is 1.23. The molecule has 0 spiro atoms. The van der Waals surface area contributed by atoms with Gasteiger partial charge >= 0.3 is 0 Å². The number of hydrogen-bond donors (Lipinski definition) is 0. The molecule has 0 bridgehead atoms. The standard InChI is InChI=1S/C14H19ClO2/c1-9(2)7-10(3)17-14-6-5-12(11(4)16)8-13(14)15/h5-6,8-10H,7H2,1-4H3. The number of Topliss-reactive ketones (excluding diaryl/α,β-unsaturated/α-hetero) is 1. The van der Waals surface area contributed by atoms with E-state index in [4.69, 9.17) is 16.3 Å². The van der Waals surface area contributed by atoms with Crippen molar-refractivity contribution < 1.29 is 9.53 Å². The molecule has 0 N–H and O–H groups in total. The molecular formula is C14H19ClO2. The van der Waals surface area contributed by atoms with Crippen molar-refractivity contribution in [1.29, 1.82) is 0 Å². The van der Waals surface area contributed by atoms with Crippen molar-refractivity contribution >= 4 is 17.4 Å². The van der Waals surface area contributed by atoms with Gasteiger partial charge < -0.3 is 4.74 Å². The molecule has 1 aromatic rings. The van der Waals surface area contributed by atoms with E-state index >= 15 is 0 Å². The SMILES string of the molecule is CC(=O)c1ccc(OC(C)CC(C)C)c(Cl)c1. The minimum atomic E-state index is 0.00804. The van der Waals surface area contributed by atoms with E-state index in [0.29, 0.717) is 22.3 Å². The third-order valence-electron chi connectivity index (χ3n) is 2.47. The molecule has 94 valence electrons. The summed E-state index contributed by atoms with van der Waals surface area (Å²) in [6, 6.07) is 5.16. The third-order valence-corrected chi connectivity index (χ3v) is 2.77. The van der Waals surface area contributed by atoms with E-state index in [-0.39, 0.29) is 11.9 Å². The van der Waals surface area contributed by atoms with Crippen molar-refractivity contribution in [1.82, 2.24) is 0 Å². The largest absolute Gasteiger partial charge is 0.489 e. The Labute approximate surface area is 108 Å². The average Bonchev–Trinajstić information content (AvgIpc) is 2.19. The predicted octanol–water partition coefficient (Wildman–Crippen LogP) is 4.36. The number of carbonyl (C=O) groups excluding carboxylic acids is 1. The van der Waals surface area contributed by atoms with Crippen LogP contribution in [0.15, 0.2) is 18.2 Å². The molecule has 1 aromatic carbocycles. The van der Waals surface area contributed by atoms with Gasteiger partial charge in [0.05, 0.1) is 11.1 Å². The van der Waals surface area contributed by atoms with Gasteiger partial charge in [-0.2, -0.15) is 0 Å². The lowest BCUT2D eigenvalue weighted by Gasteiger charge is -2.17. The second-order valence-electron chi connectivity index (χ2n) is 4.76. The summed E-state index contributed by atoms with van der Waals surface area (Å²) in [6.07, 6.45) is 1.10. The highest BCUT2D eigenvalue weighted by atomic mass is 35.5. The van der Waals surface area contributed by atoms with Gasteiger partial charge in [0, 0.05) is 5.56 Å². The molecule has 0 saturated carbocycles. The number of halogens is 1. The number of benzene rings is 1. The van der Waals surface area contributed by atoms with Gasteiger partial charge in [0.25, 0.3) is 0 Å². The van der Waals surface area contributed by atoms with Crippen LogP contribution in [0.3, 0.4) is 0 Å². The minimum absolute atomic E-state index is 0.00804. The van der Waals surface area contributed by atoms with Gasteiger partial charge in [0.1, 0.15) is 5.75 Å². The van der Waals surface area contributed by atoms with Crippen molar-refractivity contribution in [2.75, 3.05) is 0 Å². The number of rotatable bonds is 5. The maximum atomic E-state index is 11.2. The van der Waals surface area contributed by atoms with Crippen LogP contribution in [0.2, 0.25) is 5.02 Å². The normalized spacial score (nSPS) is 12.6. The summed E-state index contributed by atoms with van der Waals surface area (Å²) in [5, 5.41) is 0.494. The summed E-state index contributed by atoms with van der Waals surface area (Å²) < 4.78 is 5.75. The predicted molar refractivity (Wildman–Crippen MR) is 71.0 cm³/mol. The molecular weight excluding hydrogens is 236 g/mol. The molecule has 1 rings (SSSR count). The Balaban J connectivity index is 2.75. The number of hydrogen-bond acceptors (Lipinski definition) is 2. The Morgan fingerprint density at radius 2 is 2.00 bits per heavy atom. The monoisotopic (exact) mass is 254 g/mol. The third kappa shape index (κ3) is 4.39. The highest BCUT2D eigenvalue weighted by molar-refractivity contribution is 6.32. The first kappa shape index (κ1) is 14.0. The van der Waals surface area contributed by atoms with Gasteiger partial charge in [-0.3, -0.25) is 4.79 Å². The Morgan fingerprint density at radius 1 is 1.35 bits per heavy atom. The second kappa shape index (κ2) is 6.06. The van der Waals surface area contributed by atoms with E-state index in [1.807, 2.05) is 6.92 Å². The number of carbonyl (C=O) groups is 1. The molecule has 17 heavy (non-hydrogen) atoms. The Morgan fingerprint density at radius 3 is 2.47 bits per heavy atom. The van der Waals surface area contributed by atoms with Crippen LogP contribution in [0.4, 0.5) is 0 Å². The summed E-state index contributed by atoms with van der Waals surface area (Å²) in [5.41, 5.74) is 0.610. The molecule has 0 aliphatic heterocycles. The lowest BCUT2D eigenvalue weighted by atomic mass is 10.1. The van der Waals surface area contributed by atoms with E-state index < -0.39 is 0 Å². The maximum Gasteiger partial charge on any atom is 0.159 e. The molecule has 0 aliphatic carbocycles. The summed E-state index contributed by atoms with van der Waals surface area (Å²) >= 11 is 6.08. The summed E-state index contributed by atoms with van der Waals surface area (Å²) in [4.78, 5) is 11.2. The molecule has 1 atom stereocenters. The van der Waals surface area contributed by atoms with E-state index in [1.54, 1.807) is 18.2 Å².